The number of pyridine rings is 1. The number of nitrogens with one attached hydrogen (secondary N) is 3. The van der Waals surface area contributed by atoms with Crippen LogP contribution in [0.1, 0.15) is 51.5 Å². The number of hydrogen-bond acceptors (Lipinski definition) is 7. The van der Waals surface area contributed by atoms with Crippen molar-refractivity contribution in [2.75, 3.05) is 19.5 Å². The fourth-order valence-electron chi connectivity index (χ4n) is 3.50. The van der Waals surface area contributed by atoms with Crippen molar-refractivity contribution < 1.29 is 28.2 Å². The van der Waals surface area contributed by atoms with Gasteiger partial charge in [-0.2, -0.15) is 5.10 Å². The van der Waals surface area contributed by atoms with Crippen LogP contribution in [0.25, 0.3) is 22.0 Å². The zero-order chi connectivity index (χ0) is 26.8. The zero-order valence-corrected chi connectivity index (χ0v) is 21.3. The van der Waals surface area contributed by atoms with Gasteiger partial charge >= 0.3 is 5.97 Å². The maximum atomic E-state index is 15.0. The second kappa shape index (κ2) is 9.92. The highest BCUT2D eigenvalue weighted by Gasteiger charge is 2.35. The third-order valence-corrected chi connectivity index (χ3v) is 5.26. The molecule has 0 unspecified atom stereocenters. The van der Waals surface area contributed by atoms with Crippen LogP contribution in [0.2, 0.25) is 0 Å². The van der Waals surface area contributed by atoms with E-state index in [1.807, 2.05) is 0 Å². The Morgan fingerprint density at radius 3 is 2.39 bits per heavy atom. The molecule has 0 aliphatic heterocycles. The molecule has 0 saturated heterocycles. The fourth-order valence-corrected chi connectivity index (χ4v) is 3.50. The first kappa shape index (κ1) is 26.6. The van der Waals surface area contributed by atoms with Crippen molar-refractivity contribution in [2.45, 2.75) is 46.6 Å². The Morgan fingerprint density at radius 2 is 1.78 bits per heavy atom. The van der Waals surface area contributed by atoms with Crippen LogP contribution < -0.4 is 15.4 Å². The van der Waals surface area contributed by atoms with E-state index in [2.05, 4.69) is 25.8 Å². The lowest BCUT2D eigenvalue weighted by Crippen LogP contribution is -2.36. The van der Waals surface area contributed by atoms with Crippen molar-refractivity contribution in [3.8, 4) is 17.0 Å². The Morgan fingerprint density at radius 1 is 1.08 bits per heavy atom. The summed E-state index contributed by atoms with van der Waals surface area (Å²) < 4.78 is 25.6. The molecule has 2 heterocycles. The standard InChI is InChI=1S/C25H30FN5O5/c1-24(2,3)36-23(34)25(4,5)11-18(32)29-17-10-14(12-28-22(17)35-7)13-8-15(26)19-16(9-13)30-31-20(19)21(33)27-6/h8-10,12H,11H2,1-7H3,(H,27,33)(H,29,32)(H,30,31). The van der Waals surface area contributed by atoms with Gasteiger partial charge < -0.3 is 20.1 Å². The van der Waals surface area contributed by atoms with E-state index in [1.165, 1.54) is 26.4 Å². The lowest BCUT2D eigenvalue weighted by Gasteiger charge is -2.28. The Kier molecular flexibility index (Phi) is 7.33. The lowest BCUT2D eigenvalue weighted by atomic mass is 9.88. The molecule has 2 aromatic heterocycles. The monoisotopic (exact) mass is 499 g/mol. The number of nitrogens with zero attached hydrogens (tertiary/aromatic N) is 2. The average Bonchev–Trinajstić information content (AvgIpc) is 3.21. The number of ether oxygens (including phenoxy) is 2. The lowest BCUT2D eigenvalue weighted by molar-refractivity contribution is -0.166. The van der Waals surface area contributed by atoms with Crippen molar-refractivity contribution in [1.82, 2.24) is 20.5 Å². The summed E-state index contributed by atoms with van der Waals surface area (Å²) in [6, 6.07) is 4.46. The minimum atomic E-state index is -1.08. The second-order valence-electron chi connectivity index (χ2n) is 9.92. The number of esters is 1. The van der Waals surface area contributed by atoms with Crippen LogP contribution in [-0.4, -0.2) is 52.7 Å². The third kappa shape index (κ3) is 5.78. The molecule has 0 atom stereocenters. The summed E-state index contributed by atoms with van der Waals surface area (Å²) >= 11 is 0. The van der Waals surface area contributed by atoms with Gasteiger partial charge in [-0.25, -0.2) is 9.37 Å². The van der Waals surface area contributed by atoms with Crippen molar-refractivity contribution >= 4 is 34.4 Å². The van der Waals surface area contributed by atoms with E-state index in [-0.39, 0.29) is 29.1 Å². The summed E-state index contributed by atoms with van der Waals surface area (Å²) in [4.78, 5) is 41.5. The highest BCUT2D eigenvalue weighted by Crippen LogP contribution is 2.33. The van der Waals surface area contributed by atoms with Crippen molar-refractivity contribution in [2.24, 2.45) is 5.41 Å². The summed E-state index contributed by atoms with van der Waals surface area (Å²) in [6.07, 6.45) is 1.32. The molecule has 0 spiro atoms. The largest absolute Gasteiger partial charge is 0.480 e. The molecule has 10 nitrogen and oxygen atoms in total. The van der Waals surface area contributed by atoms with Gasteiger partial charge in [0.05, 0.1) is 23.4 Å². The molecule has 36 heavy (non-hydrogen) atoms. The van der Waals surface area contributed by atoms with Crippen molar-refractivity contribution in [3.05, 3.63) is 35.9 Å². The molecule has 2 amide bonds. The molecule has 0 aliphatic rings. The van der Waals surface area contributed by atoms with E-state index < -0.39 is 34.6 Å². The summed E-state index contributed by atoms with van der Waals surface area (Å²) in [5.41, 5.74) is -0.322. The van der Waals surface area contributed by atoms with Crippen LogP contribution >= 0.6 is 0 Å². The first-order valence-corrected chi connectivity index (χ1v) is 11.2. The summed E-state index contributed by atoms with van der Waals surface area (Å²) in [5, 5.41) is 11.8. The van der Waals surface area contributed by atoms with Gasteiger partial charge in [-0.3, -0.25) is 19.5 Å². The molecule has 0 fully saturated rings. The Labute approximate surface area is 208 Å². The van der Waals surface area contributed by atoms with E-state index in [4.69, 9.17) is 9.47 Å². The number of H-pyrrole nitrogens is 1. The number of anilines is 1. The summed E-state index contributed by atoms with van der Waals surface area (Å²) in [6.45, 7) is 8.52. The maximum Gasteiger partial charge on any atom is 0.312 e. The molecule has 0 bridgehead atoms. The Hall–Kier alpha value is -4.02. The first-order chi connectivity index (χ1) is 16.8. The predicted octanol–water partition coefficient (Wildman–Crippen LogP) is 3.83. The van der Waals surface area contributed by atoms with Crippen LogP contribution in [0.5, 0.6) is 5.88 Å². The first-order valence-electron chi connectivity index (χ1n) is 11.2. The second-order valence-corrected chi connectivity index (χ2v) is 9.92. The zero-order valence-electron chi connectivity index (χ0n) is 21.3. The van der Waals surface area contributed by atoms with Crippen LogP contribution in [0.15, 0.2) is 24.4 Å². The van der Waals surface area contributed by atoms with E-state index in [0.29, 0.717) is 16.6 Å². The van der Waals surface area contributed by atoms with Crippen molar-refractivity contribution in [1.29, 1.82) is 0 Å². The molecule has 3 aromatic rings. The van der Waals surface area contributed by atoms with Gasteiger partial charge in [0.1, 0.15) is 17.1 Å². The molecule has 3 rings (SSSR count). The number of carbonyl (C=O) groups excluding carboxylic acids is 3. The highest BCUT2D eigenvalue weighted by atomic mass is 19.1. The van der Waals surface area contributed by atoms with Crippen molar-refractivity contribution in [3.63, 3.8) is 0 Å². The number of methoxy groups -OCH3 is 1. The van der Waals surface area contributed by atoms with Gasteiger partial charge in [0.25, 0.3) is 5.91 Å². The molecule has 192 valence electrons. The van der Waals surface area contributed by atoms with Gasteiger partial charge in [0.2, 0.25) is 11.8 Å². The molecule has 0 saturated carbocycles. The van der Waals surface area contributed by atoms with Gasteiger partial charge in [-0.15, -0.1) is 0 Å². The molecule has 3 N–H and O–H groups in total. The fraction of sp³-hybridized carbons (Fsp3) is 0.400. The maximum absolute atomic E-state index is 15.0. The number of aromatic nitrogens is 3. The molecule has 1 aromatic carbocycles. The van der Waals surface area contributed by atoms with E-state index in [9.17, 15) is 18.8 Å². The van der Waals surface area contributed by atoms with Gasteiger partial charge in [-0.05, 0) is 58.4 Å². The smallest absolute Gasteiger partial charge is 0.312 e. The van der Waals surface area contributed by atoms with E-state index in [0.717, 1.165) is 0 Å². The number of amides is 2. The van der Waals surface area contributed by atoms with Crippen LogP contribution in [0.4, 0.5) is 10.1 Å². The summed E-state index contributed by atoms with van der Waals surface area (Å²) in [7, 11) is 2.83. The van der Waals surface area contributed by atoms with Crippen LogP contribution in [0.3, 0.4) is 0 Å². The number of aromatic amines is 1. The normalized spacial score (nSPS) is 11.8. The number of carbonyl (C=O) groups is 3. The molecule has 11 heteroatoms. The Bertz CT molecular complexity index is 1330. The van der Waals surface area contributed by atoms with Gasteiger partial charge in [0.15, 0.2) is 5.69 Å². The molecular formula is C25H30FN5O5. The highest BCUT2D eigenvalue weighted by molar-refractivity contribution is 6.05. The average molecular weight is 500 g/mol. The van der Waals surface area contributed by atoms with Gasteiger partial charge in [-0.1, -0.05) is 0 Å². The molecule has 0 aliphatic carbocycles. The quantitative estimate of drug-likeness (QED) is 0.421. The van der Waals surface area contributed by atoms with Crippen LogP contribution in [0, 0.1) is 11.2 Å². The van der Waals surface area contributed by atoms with Crippen LogP contribution in [-0.2, 0) is 14.3 Å². The number of rotatable bonds is 7. The number of fused-ring (bicyclic) bond motifs is 1. The third-order valence-electron chi connectivity index (χ3n) is 5.26. The number of hydrogen-bond donors (Lipinski definition) is 3. The van der Waals surface area contributed by atoms with E-state index in [1.54, 1.807) is 46.8 Å². The minimum absolute atomic E-state index is 0.0510. The van der Waals surface area contributed by atoms with Gasteiger partial charge in [0, 0.05) is 25.2 Å². The van der Waals surface area contributed by atoms with E-state index >= 15 is 0 Å². The predicted molar refractivity (Wildman–Crippen MR) is 132 cm³/mol. The summed E-state index contributed by atoms with van der Waals surface area (Å²) in [5.74, 6) is -1.96. The Balaban J connectivity index is 1.89. The number of halogens is 1. The topological polar surface area (TPSA) is 135 Å². The minimum Gasteiger partial charge on any atom is -0.480 e. The molecular weight excluding hydrogens is 469 g/mol. The molecule has 0 radical (unpaired) electrons. The number of benzene rings is 1. The SMILES string of the molecule is CNC(=O)c1n[nH]c2cc(-c3cnc(OC)c(NC(=O)CC(C)(C)C(=O)OC(C)(C)C)c3)cc(F)c12.